The number of rotatable bonds is 6. The van der Waals surface area contributed by atoms with E-state index in [0.29, 0.717) is 5.11 Å². The number of hydrogen-bond acceptors (Lipinski definition) is 4. The molecule has 1 aromatic carbocycles. The van der Waals surface area contributed by atoms with Crippen molar-refractivity contribution in [3.8, 4) is 0 Å². The van der Waals surface area contributed by atoms with Gasteiger partial charge in [-0.1, -0.05) is 24.6 Å². The fraction of sp³-hybridized carbons (Fsp3) is 0.448. The standard InChI is InChI=1S/C29H34ClN5OS/c1-20-11-15-33(16-12-20)25-10-9-21(18-23(25)30)35-28(27(32-29(35)37)24-7-2-3-13-31-24)26-8-4-14-34(26)19-22-6-5-17-36-22/h2-4,7-10,13-14,18,20,22,27-28H,5-6,11-12,15-17,19H2,1H3,(H,32,37)/t22-,27-,28-/m0/s1. The number of hydrogen-bond donors (Lipinski definition) is 1. The molecule has 3 saturated heterocycles. The SMILES string of the molecule is CC1CCN(c2ccc(N3C(=S)N[C@@H](c4ccccn4)[C@@H]3c3cccn3C[C@@H]3CCCO3)cc2Cl)CC1. The summed E-state index contributed by atoms with van der Waals surface area (Å²) >= 11 is 12.9. The highest BCUT2D eigenvalue weighted by Crippen LogP contribution is 2.43. The Morgan fingerprint density at radius 1 is 1.11 bits per heavy atom. The fourth-order valence-corrected chi connectivity index (χ4v) is 6.60. The third kappa shape index (κ3) is 4.97. The van der Waals surface area contributed by atoms with Crippen molar-refractivity contribution in [3.05, 3.63) is 77.3 Å². The first-order valence-electron chi connectivity index (χ1n) is 13.4. The van der Waals surface area contributed by atoms with Gasteiger partial charge in [0, 0.05) is 50.0 Å². The Labute approximate surface area is 229 Å². The van der Waals surface area contributed by atoms with Gasteiger partial charge in [0.05, 0.1) is 28.5 Å². The average Bonchev–Trinajstić information content (AvgIpc) is 3.66. The third-order valence-corrected chi connectivity index (χ3v) is 8.64. The summed E-state index contributed by atoms with van der Waals surface area (Å²) in [5, 5.41) is 5.03. The number of pyridine rings is 1. The molecule has 2 aromatic heterocycles. The van der Waals surface area contributed by atoms with Gasteiger partial charge in [0.15, 0.2) is 5.11 Å². The summed E-state index contributed by atoms with van der Waals surface area (Å²) in [7, 11) is 0. The monoisotopic (exact) mass is 535 g/mol. The van der Waals surface area contributed by atoms with Crippen LogP contribution in [0.1, 0.15) is 56.1 Å². The van der Waals surface area contributed by atoms with E-state index in [2.05, 4.69) is 69.2 Å². The summed E-state index contributed by atoms with van der Waals surface area (Å²) in [6.07, 6.45) is 8.87. The lowest BCUT2D eigenvalue weighted by atomic mass is 9.98. The van der Waals surface area contributed by atoms with Crippen molar-refractivity contribution < 1.29 is 4.74 Å². The quantitative estimate of drug-likeness (QED) is 0.383. The van der Waals surface area contributed by atoms with E-state index in [1.165, 1.54) is 18.5 Å². The van der Waals surface area contributed by atoms with E-state index in [9.17, 15) is 0 Å². The van der Waals surface area contributed by atoms with Crippen molar-refractivity contribution in [2.24, 2.45) is 5.92 Å². The maximum atomic E-state index is 6.93. The highest BCUT2D eigenvalue weighted by atomic mass is 35.5. The Hall–Kier alpha value is -2.61. The highest BCUT2D eigenvalue weighted by molar-refractivity contribution is 7.80. The molecule has 1 N–H and O–H groups in total. The van der Waals surface area contributed by atoms with E-state index in [4.69, 9.17) is 33.5 Å². The number of halogens is 1. The molecule has 0 bridgehead atoms. The zero-order valence-corrected chi connectivity index (χ0v) is 22.8. The van der Waals surface area contributed by atoms with Gasteiger partial charge >= 0.3 is 0 Å². The lowest BCUT2D eigenvalue weighted by molar-refractivity contribution is 0.0961. The number of benzene rings is 1. The van der Waals surface area contributed by atoms with Gasteiger partial charge in [0.25, 0.3) is 0 Å². The van der Waals surface area contributed by atoms with E-state index >= 15 is 0 Å². The van der Waals surface area contributed by atoms with E-state index in [1.807, 2.05) is 18.3 Å². The van der Waals surface area contributed by atoms with Gasteiger partial charge in [-0.2, -0.15) is 0 Å². The molecule has 0 unspecified atom stereocenters. The first kappa shape index (κ1) is 24.7. The Morgan fingerprint density at radius 2 is 1.97 bits per heavy atom. The molecule has 6 rings (SSSR count). The molecule has 0 radical (unpaired) electrons. The van der Waals surface area contributed by atoms with Crippen LogP contribution in [0.25, 0.3) is 0 Å². The van der Waals surface area contributed by atoms with Gasteiger partial charge in [0.1, 0.15) is 6.04 Å². The molecule has 6 nitrogen and oxygen atoms in total. The summed E-state index contributed by atoms with van der Waals surface area (Å²) < 4.78 is 8.29. The van der Waals surface area contributed by atoms with Gasteiger partial charge in [-0.25, -0.2) is 0 Å². The number of piperidine rings is 1. The Kier molecular flexibility index (Phi) is 7.10. The van der Waals surface area contributed by atoms with Gasteiger partial charge in [-0.05, 0) is 86.3 Å². The van der Waals surface area contributed by atoms with Crippen LogP contribution >= 0.6 is 23.8 Å². The zero-order chi connectivity index (χ0) is 25.4. The molecule has 3 aliphatic rings. The van der Waals surface area contributed by atoms with Crippen LogP contribution in [-0.4, -0.2) is 40.5 Å². The lowest BCUT2D eigenvalue weighted by Crippen LogP contribution is -2.33. The zero-order valence-electron chi connectivity index (χ0n) is 21.2. The predicted molar refractivity (Wildman–Crippen MR) is 153 cm³/mol. The molecule has 0 aliphatic carbocycles. The van der Waals surface area contributed by atoms with Crippen LogP contribution < -0.4 is 15.1 Å². The maximum absolute atomic E-state index is 6.93. The molecule has 0 spiro atoms. The van der Waals surface area contributed by atoms with Gasteiger partial charge in [0.2, 0.25) is 0 Å². The summed E-state index contributed by atoms with van der Waals surface area (Å²) in [6, 6.07) is 16.6. The van der Waals surface area contributed by atoms with Crippen molar-refractivity contribution in [2.45, 2.75) is 57.3 Å². The lowest BCUT2D eigenvalue weighted by Gasteiger charge is -2.34. The molecule has 37 heavy (non-hydrogen) atoms. The number of nitrogens with one attached hydrogen (secondary N) is 1. The number of ether oxygens (including phenoxy) is 1. The fourth-order valence-electron chi connectivity index (χ4n) is 5.95. The Morgan fingerprint density at radius 3 is 2.70 bits per heavy atom. The molecule has 0 saturated carbocycles. The first-order valence-corrected chi connectivity index (χ1v) is 14.2. The molecular formula is C29H34ClN5OS. The van der Waals surface area contributed by atoms with Crippen LogP contribution in [0, 0.1) is 5.92 Å². The number of nitrogens with zero attached hydrogens (tertiary/aromatic N) is 4. The van der Waals surface area contributed by atoms with Crippen LogP contribution in [-0.2, 0) is 11.3 Å². The molecule has 3 aliphatic heterocycles. The molecule has 3 atom stereocenters. The number of thiocarbonyl (C=S) groups is 1. The van der Waals surface area contributed by atoms with Crippen LogP contribution in [0.4, 0.5) is 11.4 Å². The Balaban J connectivity index is 1.36. The van der Waals surface area contributed by atoms with Crippen LogP contribution in [0.2, 0.25) is 5.02 Å². The Bertz CT molecular complexity index is 1240. The summed E-state index contributed by atoms with van der Waals surface area (Å²) in [4.78, 5) is 9.32. The second kappa shape index (κ2) is 10.6. The van der Waals surface area contributed by atoms with E-state index in [1.54, 1.807) is 0 Å². The highest BCUT2D eigenvalue weighted by Gasteiger charge is 2.42. The minimum Gasteiger partial charge on any atom is -0.376 e. The minimum absolute atomic E-state index is 0.0726. The van der Waals surface area contributed by atoms with Gasteiger partial charge in [-0.15, -0.1) is 0 Å². The smallest absolute Gasteiger partial charge is 0.174 e. The predicted octanol–water partition coefficient (Wildman–Crippen LogP) is 6.13. The minimum atomic E-state index is -0.0890. The topological polar surface area (TPSA) is 45.6 Å². The van der Waals surface area contributed by atoms with Crippen LogP contribution in [0.3, 0.4) is 0 Å². The van der Waals surface area contributed by atoms with Crippen molar-refractivity contribution in [2.75, 3.05) is 29.5 Å². The summed E-state index contributed by atoms with van der Waals surface area (Å²) in [5.41, 5.74) is 4.25. The molecule has 8 heteroatoms. The normalized spacial score (nSPS) is 24.6. The molecule has 0 amide bonds. The first-order chi connectivity index (χ1) is 18.1. The van der Waals surface area contributed by atoms with E-state index in [0.717, 1.165) is 67.1 Å². The largest absolute Gasteiger partial charge is 0.376 e. The molecule has 5 heterocycles. The number of anilines is 2. The van der Waals surface area contributed by atoms with E-state index < -0.39 is 0 Å². The van der Waals surface area contributed by atoms with Gasteiger partial charge in [-0.3, -0.25) is 4.98 Å². The van der Waals surface area contributed by atoms with Crippen LogP contribution in [0.15, 0.2) is 60.9 Å². The molecular weight excluding hydrogens is 502 g/mol. The number of aromatic nitrogens is 2. The second-order valence-electron chi connectivity index (χ2n) is 10.5. The summed E-state index contributed by atoms with van der Waals surface area (Å²) in [6.45, 7) is 6.10. The van der Waals surface area contributed by atoms with Crippen molar-refractivity contribution in [1.82, 2.24) is 14.9 Å². The van der Waals surface area contributed by atoms with Crippen LogP contribution in [0.5, 0.6) is 0 Å². The second-order valence-corrected chi connectivity index (χ2v) is 11.3. The maximum Gasteiger partial charge on any atom is 0.174 e. The molecule has 3 aromatic rings. The molecule has 3 fully saturated rings. The average molecular weight is 536 g/mol. The third-order valence-electron chi connectivity index (χ3n) is 8.02. The van der Waals surface area contributed by atoms with Crippen molar-refractivity contribution >= 4 is 40.3 Å². The van der Waals surface area contributed by atoms with Crippen molar-refractivity contribution in [1.29, 1.82) is 0 Å². The van der Waals surface area contributed by atoms with E-state index in [-0.39, 0.29) is 18.2 Å². The molecule has 194 valence electrons. The van der Waals surface area contributed by atoms with Gasteiger partial charge < -0.3 is 24.4 Å². The van der Waals surface area contributed by atoms with Crippen molar-refractivity contribution in [3.63, 3.8) is 0 Å². The summed E-state index contributed by atoms with van der Waals surface area (Å²) in [5.74, 6) is 0.775.